The molecular formula is C18H22N2O2S. The maximum Gasteiger partial charge on any atom is 0.261 e. The summed E-state index contributed by atoms with van der Waals surface area (Å²) in [4.78, 5) is 26.7. The maximum atomic E-state index is 12.3. The number of nitrogens with zero attached hydrogens (tertiary/aromatic N) is 1. The largest absolute Gasteiger partial charge is 0.351 e. The lowest BCUT2D eigenvalue weighted by Gasteiger charge is -2.22. The average molecular weight is 330 g/mol. The van der Waals surface area contributed by atoms with Crippen molar-refractivity contribution in [2.75, 3.05) is 13.1 Å². The number of nitrogens with one attached hydrogen (secondary N) is 1. The lowest BCUT2D eigenvalue weighted by Crippen LogP contribution is -2.34. The van der Waals surface area contributed by atoms with Gasteiger partial charge in [-0.05, 0) is 36.4 Å². The SMILES string of the molecule is CCN(Cc1ccccc1C)C(=O)CCNC(=O)c1cccs1. The third-order valence-electron chi connectivity index (χ3n) is 3.73. The highest BCUT2D eigenvalue weighted by molar-refractivity contribution is 7.12. The van der Waals surface area contributed by atoms with Crippen LogP contribution in [-0.4, -0.2) is 29.8 Å². The first-order valence-corrected chi connectivity index (χ1v) is 8.63. The molecule has 5 heteroatoms. The molecule has 122 valence electrons. The number of hydrogen-bond donors (Lipinski definition) is 1. The monoisotopic (exact) mass is 330 g/mol. The lowest BCUT2D eigenvalue weighted by atomic mass is 10.1. The molecule has 0 fully saturated rings. The number of rotatable bonds is 7. The van der Waals surface area contributed by atoms with E-state index in [-0.39, 0.29) is 11.8 Å². The van der Waals surface area contributed by atoms with Gasteiger partial charge in [0.05, 0.1) is 4.88 Å². The molecule has 4 nitrogen and oxygen atoms in total. The average Bonchev–Trinajstić information content (AvgIpc) is 3.08. The van der Waals surface area contributed by atoms with E-state index in [4.69, 9.17) is 0 Å². The van der Waals surface area contributed by atoms with E-state index in [9.17, 15) is 9.59 Å². The Morgan fingerprint density at radius 3 is 2.61 bits per heavy atom. The second-order valence-corrected chi connectivity index (χ2v) is 6.27. The van der Waals surface area contributed by atoms with E-state index in [1.807, 2.05) is 41.5 Å². The van der Waals surface area contributed by atoms with Crippen LogP contribution in [0.15, 0.2) is 41.8 Å². The molecule has 1 aromatic carbocycles. The zero-order valence-corrected chi connectivity index (χ0v) is 14.4. The molecule has 0 unspecified atom stereocenters. The van der Waals surface area contributed by atoms with Crippen LogP contribution in [0, 0.1) is 6.92 Å². The second kappa shape index (κ2) is 8.48. The fraction of sp³-hybridized carbons (Fsp3) is 0.333. The summed E-state index contributed by atoms with van der Waals surface area (Å²) in [6.45, 7) is 5.65. The number of benzene rings is 1. The topological polar surface area (TPSA) is 49.4 Å². The van der Waals surface area contributed by atoms with Crippen LogP contribution in [0.3, 0.4) is 0 Å². The van der Waals surface area contributed by atoms with E-state index in [1.165, 1.54) is 16.9 Å². The van der Waals surface area contributed by atoms with Crippen molar-refractivity contribution in [3.05, 3.63) is 57.8 Å². The Kier molecular flexibility index (Phi) is 6.35. The highest BCUT2D eigenvalue weighted by Crippen LogP contribution is 2.11. The van der Waals surface area contributed by atoms with E-state index in [2.05, 4.69) is 18.3 Å². The van der Waals surface area contributed by atoms with E-state index in [0.717, 1.165) is 5.56 Å². The molecule has 1 aromatic heterocycles. The molecule has 0 atom stereocenters. The first-order valence-electron chi connectivity index (χ1n) is 7.75. The van der Waals surface area contributed by atoms with E-state index in [0.29, 0.717) is 30.9 Å². The normalized spacial score (nSPS) is 10.3. The Hall–Kier alpha value is -2.14. The van der Waals surface area contributed by atoms with Gasteiger partial charge in [-0.2, -0.15) is 0 Å². The zero-order valence-electron chi connectivity index (χ0n) is 13.5. The molecule has 0 aliphatic rings. The minimum Gasteiger partial charge on any atom is -0.351 e. The molecule has 2 rings (SSSR count). The highest BCUT2D eigenvalue weighted by Gasteiger charge is 2.14. The van der Waals surface area contributed by atoms with Crippen LogP contribution in [0.25, 0.3) is 0 Å². The molecule has 0 spiro atoms. The van der Waals surface area contributed by atoms with Gasteiger partial charge in [0.15, 0.2) is 0 Å². The van der Waals surface area contributed by atoms with Gasteiger partial charge >= 0.3 is 0 Å². The van der Waals surface area contributed by atoms with Crippen LogP contribution < -0.4 is 5.32 Å². The van der Waals surface area contributed by atoms with Crippen molar-refractivity contribution >= 4 is 23.2 Å². The minimum absolute atomic E-state index is 0.0576. The van der Waals surface area contributed by atoms with Crippen LogP contribution >= 0.6 is 11.3 Å². The molecule has 0 bridgehead atoms. The number of aryl methyl sites for hydroxylation is 1. The van der Waals surface area contributed by atoms with Crippen molar-refractivity contribution in [2.45, 2.75) is 26.8 Å². The Morgan fingerprint density at radius 2 is 1.96 bits per heavy atom. The second-order valence-electron chi connectivity index (χ2n) is 5.32. The molecular weight excluding hydrogens is 308 g/mol. The predicted molar refractivity (Wildman–Crippen MR) is 93.5 cm³/mol. The van der Waals surface area contributed by atoms with Crippen molar-refractivity contribution in [1.29, 1.82) is 0 Å². The zero-order chi connectivity index (χ0) is 16.7. The molecule has 2 amide bonds. The summed E-state index contributed by atoms with van der Waals surface area (Å²) >= 11 is 1.40. The fourth-order valence-corrected chi connectivity index (χ4v) is 2.95. The van der Waals surface area contributed by atoms with E-state index in [1.54, 1.807) is 6.07 Å². The summed E-state index contributed by atoms with van der Waals surface area (Å²) in [7, 11) is 0. The molecule has 23 heavy (non-hydrogen) atoms. The Balaban J connectivity index is 1.83. The van der Waals surface area contributed by atoms with Crippen molar-refractivity contribution < 1.29 is 9.59 Å². The van der Waals surface area contributed by atoms with Crippen molar-refractivity contribution in [2.24, 2.45) is 0 Å². The summed E-state index contributed by atoms with van der Waals surface area (Å²) in [5.41, 5.74) is 2.34. The van der Waals surface area contributed by atoms with Gasteiger partial charge in [-0.15, -0.1) is 11.3 Å². The Morgan fingerprint density at radius 1 is 1.17 bits per heavy atom. The molecule has 0 aliphatic heterocycles. The Labute approximate surface area is 141 Å². The smallest absolute Gasteiger partial charge is 0.261 e. The molecule has 2 aromatic rings. The summed E-state index contributed by atoms with van der Waals surface area (Å²) < 4.78 is 0. The van der Waals surface area contributed by atoms with Crippen LogP contribution in [0.5, 0.6) is 0 Å². The summed E-state index contributed by atoms with van der Waals surface area (Å²) in [6.07, 6.45) is 0.316. The van der Waals surface area contributed by atoms with Gasteiger partial charge in [-0.25, -0.2) is 0 Å². The highest BCUT2D eigenvalue weighted by atomic mass is 32.1. The predicted octanol–water partition coefficient (Wildman–Crippen LogP) is 3.23. The molecule has 0 saturated heterocycles. The molecule has 0 aliphatic carbocycles. The Bertz CT molecular complexity index is 653. The number of carbonyl (C=O) groups excluding carboxylic acids is 2. The maximum absolute atomic E-state index is 12.3. The van der Waals surface area contributed by atoms with Crippen molar-refractivity contribution in [3.63, 3.8) is 0 Å². The third-order valence-corrected chi connectivity index (χ3v) is 4.59. The van der Waals surface area contributed by atoms with Gasteiger partial charge in [-0.3, -0.25) is 9.59 Å². The van der Waals surface area contributed by atoms with E-state index >= 15 is 0 Å². The third kappa shape index (κ3) is 4.93. The van der Waals surface area contributed by atoms with Crippen LogP contribution in [0.2, 0.25) is 0 Å². The van der Waals surface area contributed by atoms with Crippen molar-refractivity contribution in [3.8, 4) is 0 Å². The van der Waals surface area contributed by atoms with E-state index < -0.39 is 0 Å². The van der Waals surface area contributed by atoms with Crippen LogP contribution in [0.1, 0.15) is 34.1 Å². The molecule has 1 heterocycles. The first kappa shape index (κ1) is 17.2. The lowest BCUT2D eigenvalue weighted by molar-refractivity contribution is -0.131. The van der Waals surface area contributed by atoms with Gasteiger partial charge in [0.25, 0.3) is 5.91 Å². The van der Waals surface area contributed by atoms with Gasteiger partial charge in [0, 0.05) is 26.1 Å². The number of amides is 2. The molecule has 1 N–H and O–H groups in total. The quantitative estimate of drug-likeness (QED) is 0.847. The minimum atomic E-state index is -0.116. The number of hydrogen-bond acceptors (Lipinski definition) is 3. The van der Waals surface area contributed by atoms with Crippen molar-refractivity contribution in [1.82, 2.24) is 10.2 Å². The van der Waals surface area contributed by atoms with Gasteiger partial charge < -0.3 is 10.2 Å². The summed E-state index contributed by atoms with van der Waals surface area (Å²) in [5, 5.41) is 4.66. The fourth-order valence-electron chi connectivity index (χ4n) is 2.31. The summed E-state index contributed by atoms with van der Waals surface area (Å²) in [6, 6.07) is 11.7. The molecule has 0 radical (unpaired) electrons. The van der Waals surface area contributed by atoms with Gasteiger partial charge in [-0.1, -0.05) is 30.3 Å². The van der Waals surface area contributed by atoms with Gasteiger partial charge in [0.1, 0.15) is 0 Å². The first-order chi connectivity index (χ1) is 11.1. The number of thiophene rings is 1. The van der Waals surface area contributed by atoms with Crippen LogP contribution in [-0.2, 0) is 11.3 Å². The van der Waals surface area contributed by atoms with Gasteiger partial charge in [0.2, 0.25) is 5.91 Å². The number of carbonyl (C=O) groups is 2. The summed E-state index contributed by atoms with van der Waals surface area (Å²) in [5.74, 6) is -0.0583. The molecule has 0 saturated carbocycles. The van der Waals surface area contributed by atoms with Crippen LogP contribution in [0.4, 0.5) is 0 Å². The standard InChI is InChI=1S/C18H22N2O2S/c1-3-20(13-15-8-5-4-7-14(15)2)17(21)10-11-19-18(22)16-9-6-12-23-16/h4-9,12H,3,10-11,13H2,1-2H3,(H,19,22).